The molecule has 0 amide bonds. The summed E-state index contributed by atoms with van der Waals surface area (Å²) in [6.07, 6.45) is 5.76. The Morgan fingerprint density at radius 3 is 2.83 bits per heavy atom. The third-order valence-electron chi connectivity index (χ3n) is 3.80. The van der Waals surface area contributed by atoms with E-state index in [1.165, 1.54) is 37.9 Å². The molecule has 0 unspecified atom stereocenters. The van der Waals surface area contributed by atoms with Gasteiger partial charge < -0.3 is 9.64 Å². The molecule has 1 aliphatic rings. The quantitative estimate of drug-likeness (QED) is 0.799. The molecule has 1 fully saturated rings. The van der Waals surface area contributed by atoms with Gasteiger partial charge in [0.25, 0.3) is 0 Å². The highest BCUT2D eigenvalue weighted by molar-refractivity contribution is 5.16. The molecule has 1 aromatic heterocycles. The number of hydrogen-bond donors (Lipinski definition) is 0. The number of methoxy groups -OCH3 is 1. The maximum absolute atomic E-state index is 5.13. The zero-order chi connectivity index (χ0) is 12.8. The first-order valence-corrected chi connectivity index (χ1v) is 6.91. The van der Waals surface area contributed by atoms with E-state index in [9.17, 15) is 0 Å². The second-order valence-electron chi connectivity index (χ2n) is 5.29. The molecule has 2 rings (SSSR count). The van der Waals surface area contributed by atoms with Gasteiger partial charge in [-0.25, -0.2) is 0 Å². The van der Waals surface area contributed by atoms with E-state index in [1.54, 1.807) is 7.11 Å². The number of rotatable bonds is 5. The summed E-state index contributed by atoms with van der Waals surface area (Å²) in [6, 6.07) is 4.38. The minimum Gasteiger partial charge on any atom is -0.383 e. The van der Waals surface area contributed by atoms with Crippen molar-refractivity contribution in [2.45, 2.75) is 26.2 Å². The summed E-state index contributed by atoms with van der Waals surface area (Å²) in [7, 11) is 1.78. The van der Waals surface area contributed by atoms with Crippen LogP contribution in [0.5, 0.6) is 0 Å². The van der Waals surface area contributed by atoms with E-state index >= 15 is 0 Å². The lowest BCUT2D eigenvalue weighted by Gasteiger charge is -2.31. The highest BCUT2D eigenvalue weighted by Gasteiger charge is 2.19. The fraction of sp³-hybridized carbons (Fsp3) is 0.667. The summed E-state index contributed by atoms with van der Waals surface area (Å²) < 4.78 is 5.13. The van der Waals surface area contributed by atoms with Crippen molar-refractivity contribution in [1.29, 1.82) is 0 Å². The Hall–Kier alpha value is -0.930. The molecule has 3 nitrogen and oxygen atoms in total. The van der Waals surface area contributed by atoms with Crippen molar-refractivity contribution < 1.29 is 4.74 Å². The van der Waals surface area contributed by atoms with Crippen molar-refractivity contribution in [3.63, 3.8) is 0 Å². The molecule has 1 saturated heterocycles. The Balaban J connectivity index is 1.76. The zero-order valence-electron chi connectivity index (χ0n) is 11.6. The van der Waals surface area contributed by atoms with Crippen molar-refractivity contribution in [2.24, 2.45) is 5.92 Å². The van der Waals surface area contributed by atoms with Crippen LogP contribution in [0.3, 0.4) is 0 Å². The van der Waals surface area contributed by atoms with Gasteiger partial charge in [0.2, 0.25) is 0 Å². The number of ether oxygens (including phenoxy) is 1. The van der Waals surface area contributed by atoms with Crippen LogP contribution in [0.15, 0.2) is 18.3 Å². The number of aromatic nitrogens is 1. The molecule has 0 bridgehead atoms. The van der Waals surface area contributed by atoms with Crippen LogP contribution in [-0.4, -0.2) is 43.2 Å². The average Bonchev–Trinajstić information content (AvgIpc) is 2.38. The summed E-state index contributed by atoms with van der Waals surface area (Å²) in [4.78, 5) is 6.77. The lowest BCUT2D eigenvalue weighted by Crippen LogP contribution is -2.36. The van der Waals surface area contributed by atoms with E-state index in [0.717, 1.165) is 24.8 Å². The Labute approximate surface area is 110 Å². The molecule has 0 N–H and O–H groups in total. The van der Waals surface area contributed by atoms with Crippen LogP contribution in [0, 0.1) is 12.8 Å². The predicted octanol–water partition coefficient (Wildman–Crippen LogP) is 2.29. The maximum Gasteiger partial charge on any atom is 0.0589 e. The van der Waals surface area contributed by atoms with Gasteiger partial charge in [-0.2, -0.15) is 0 Å². The molecule has 100 valence electrons. The Morgan fingerprint density at radius 1 is 1.39 bits per heavy atom. The number of pyridine rings is 1. The van der Waals surface area contributed by atoms with Gasteiger partial charge in [0, 0.05) is 25.5 Å². The number of aryl methyl sites for hydroxylation is 1. The zero-order valence-corrected chi connectivity index (χ0v) is 11.6. The van der Waals surface area contributed by atoms with Crippen molar-refractivity contribution in [3.8, 4) is 0 Å². The fourth-order valence-corrected chi connectivity index (χ4v) is 2.70. The highest BCUT2D eigenvalue weighted by Crippen LogP contribution is 2.21. The summed E-state index contributed by atoms with van der Waals surface area (Å²) in [6.45, 7) is 6.44. The number of hydrogen-bond acceptors (Lipinski definition) is 3. The second kappa shape index (κ2) is 6.86. The first-order valence-electron chi connectivity index (χ1n) is 6.91. The maximum atomic E-state index is 5.13. The van der Waals surface area contributed by atoms with Crippen molar-refractivity contribution in [1.82, 2.24) is 9.88 Å². The molecule has 3 heteroatoms. The molecule has 0 aromatic carbocycles. The van der Waals surface area contributed by atoms with Crippen LogP contribution in [0.4, 0.5) is 0 Å². The lowest BCUT2D eigenvalue weighted by molar-refractivity contribution is 0.120. The molecule has 18 heavy (non-hydrogen) atoms. The minimum atomic E-state index is 0.839. The van der Waals surface area contributed by atoms with E-state index in [0.29, 0.717) is 0 Å². The van der Waals surface area contributed by atoms with Gasteiger partial charge in [0.05, 0.1) is 6.61 Å². The Morgan fingerprint density at radius 2 is 2.17 bits per heavy atom. The molecule has 0 saturated carbocycles. The molecule has 0 radical (unpaired) electrons. The molecular formula is C15H24N2O. The summed E-state index contributed by atoms with van der Waals surface area (Å²) in [5, 5.41) is 0. The predicted molar refractivity (Wildman–Crippen MR) is 73.7 cm³/mol. The van der Waals surface area contributed by atoms with Crippen LogP contribution >= 0.6 is 0 Å². The molecular weight excluding hydrogens is 224 g/mol. The molecule has 1 aromatic rings. The average molecular weight is 248 g/mol. The minimum absolute atomic E-state index is 0.839. The van der Waals surface area contributed by atoms with Gasteiger partial charge in [-0.1, -0.05) is 0 Å². The van der Waals surface area contributed by atoms with Gasteiger partial charge in [0.1, 0.15) is 0 Å². The van der Waals surface area contributed by atoms with E-state index in [2.05, 4.69) is 28.9 Å². The van der Waals surface area contributed by atoms with Crippen LogP contribution in [0.2, 0.25) is 0 Å². The highest BCUT2D eigenvalue weighted by atomic mass is 16.5. The van der Waals surface area contributed by atoms with Gasteiger partial charge in [-0.05, 0) is 62.9 Å². The molecule has 1 aliphatic heterocycles. The van der Waals surface area contributed by atoms with Crippen LogP contribution < -0.4 is 0 Å². The molecule has 0 atom stereocenters. The van der Waals surface area contributed by atoms with Crippen molar-refractivity contribution in [3.05, 3.63) is 29.6 Å². The van der Waals surface area contributed by atoms with Crippen molar-refractivity contribution >= 4 is 0 Å². The lowest BCUT2D eigenvalue weighted by atomic mass is 9.90. The van der Waals surface area contributed by atoms with Crippen LogP contribution in [-0.2, 0) is 11.2 Å². The topological polar surface area (TPSA) is 25.4 Å². The van der Waals surface area contributed by atoms with Crippen LogP contribution in [0.25, 0.3) is 0 Å². The summed E-state index contributed by atoms with van der Waals surface area (Å²) in [5.41, 5.74) is 2.57. The Kier molecular flexibility index (Phi) is 5.14. The van der Waals surface area contributed by atoms with Gasteiger partial charge in [0.15, 0.2) is 0 Å². The number of nitrogens with zero attached hydrogens (tertiary/aromatic N) is 2. The fourth-order valence-electron chi connectivity index (χ4n) is 2.70. The van der Waals surface area contributed by atoms with Gasteiger partial charge in [-0.3, -0.25) is 4.98 Å². The SMILES string of the molecule is COCCN1CCC(Cc2ccnc(C)c2)CC1. The van der Waals surface area contributed by atoms with Gasteiger partial charge in [-0.15, -0.1) is 0 Å². The Bertz CT molecular complexity index is 359. The third-order valence-corrected chi connectivity index (χ3v) is 3.80. The largest absolute Gasteiger partial charge is 0.383 e. The third kappa shape index (κ3) is 4.07. The smallest absolute Gasteiger partial charge is 0.0589 e. The van der Waals surface area contributed by atoms with Crippen LogP contribution in [0.1, 0.15) is 24.1 Å². The molecule has 2 heterocycles. The van der Waals surface area contributed by atoms with E-state index < -0.39 is 0 Å². The van der Waals surface area contributed by atoms with E-state index in [-0.39, 0.29) is 0 Å². The first kappa shape index (κ1) is 13.5. The van der Waals surface area contributed by atoms with Gasteiger partial charge >= 0.3 is 0 Å². The standard InChI is InChI=1S/C15H24N2O/c1-13-11-15(3-6-16-13)12-14-4-7-17(8-5-14)9-10-18-2/h3,6,11,14H,4-5,7-10,12H2,1-2H3. The second-order valence-corrected chi connectivity index (χ2v) is 5.29. The summed E-state index contributed by atoms with van der Waals surface area (Å²) >= 11 is 0. The summed E-state index contributed by atoms with van der Waals surface area (Å²) in [5.74, 6) is 0.839. The number of likely N-dealkylation sites (tertiary alicyclic amines) is 1. The monoisotopic (exact) mass is 248 g/mol. The van der Waals surface area contributed by atoms with E-state index in [4.69, 9.17) is 4.74 Å². The van der Waals surface area contributed by atoms with Crippen molar-refractivity contribution in [2.75, 3.05) is 33.4 Å². The molecule has 0 spiro atoms. The molecule has 0 aliphatic carbocycles. The number of piperidine rings is 1. The first-order chi connectivity index (χ1) is 8.78. The normalized spacial score (nSPS) is 18.1. The van der Waals surface area contributed by atoms with E-state index in [1.807, 2.05) is 6.20 Å².